The summed E-state index contributed by atoms with van der Waals surface area (Å²) in [6.45, 7) is 0. The molecule has 1 heterocycles. The Bertz CT molecular complexity index is 2340. The van der Waals surface area contributed by atoms with Crippen molar-refractivity contribution in [3.63, 3.8) is 0 Å². The van der Waals surface area contributed by atoms with Crippen molar-refractivity contribution < 1.29 is 22.5 Å². The summed E-state index contributed by atoms with van der Waals surface area (Å²) in [5.74, 6) is -0.159. The van der Waals surface area contributed by atoms with Crippen LogP contribution in [0.25, 0.3) is 57.7 Å². The summed E-state index contributed by atoms with van der Waals surface area (Å²) in [6, 6.07) is 26.0. The summed E-state index contributed by atoms with van der Waals surface area (Å²) in [4.78, 5) is 14.0. The summed E-state index contributed by atoms with van der Waals surface area (Å²) >= 11 is 12.4. The fourth-order valence-electron chi connectivity index (χ4n) is 5.24. The maximum Gasteiger partial charge on any atom is 0.295 e. The molecule has 236 valence electrons. The van der Waals surface area contributed by atoms with Crippen molar-refractivity contribution in [2.45, 2.75) is 4.90 Å². The van der Waals surface area contributed by atoms with E-state index >= 15 is 0 Å². The number of hydrogen-bond donors (Lipinski definition) is 2. The number of phenols is 1. The van der Waals surface area contributed by atoms with Crippen molar-refractivity contribution in [1.82, 2.24) is 0 Å². The topological polar surface area (TPSA) is 108 Å². The Morgan fingerprint density at radius 2 is 1.26 bits per heavy atom. The highest BCUT2D eigenvalue weighted by atomic mass is 35.5. The number of phenolic OH excluding ortho intramolecular Hbond substituents is 1. The molecule has 0 fully saturated rings. The number of hydrogen-bond acceptors (Lipinski definition) is 6. The second kappa shape index (κ2) is 12.7. The van der Waals surface area contributed by atoms with Crippen LogP contribution in [0.3, 0.4) is 0 Å². The third-order valence-corrected chi connectivity index (χ3v) is 9.17. The molecular weight excluding hydrogens is 657 g/mol. The van der Waals surface area contributed by atoms with Crippen molar-refractivity contribution in [1.29, 1.82) is 0 Å². The first-order valence-corrected chi connectivity index (χ1v) is 16.5. The Labute approximate surface area is 281 Å². The molecule has 0 spiro atoms. The van der Waals surface area contributed by atoms with Gasteiger partial charge in [0, 0.05) is 54.0 Å². The predicted molar refractivity (Wildman–Crippen MR) is 191 cm³/mol. The molecule has 0 atom stereocenters. The molecule has 7 nitrogen and oxygen atoms in total. The van der Waals surface area contributed by atoms with Gasteiger partial charge in [0.15, 0.2) is 0 Å². The monoisotopic (exact) mass is 683 g/mol. The van der Waals surface area contributed by atoms with Crippen LogP contribution in [0.15, 0.2) is 105 Å². The first-order chi connectivity index (χ1) is 22.4. The summed E-state index contributed by atoms with van der Waals surface area (Å²) in [5.41, 5.74) is 5.01. The zero-order valence-electron chi connectivity index (χ0n) is 25.1. The lowest BCUT2D eigenvalue weighted by atomic mass is 9.93. The normalized spacial score (nSPS) is 12.1. The second-order valence-electron chi connectivity index (χ2n) is 11.1. The average Bonchev–Trinajstić information content (AvgIpc) is 3.03. The predicted octanol–water partition coefficient (Wildman–Crippen LogP) is 9.23. The lowest BCUT2D eigenvalue weighted by Crippen LogP contribution is -2.07. The van der Waals surface area contributed by atoms with Crippen LogP contribution in [0.1, 0.15) is 22.3 Å². The smallest absolute Gasteiger partial charge is 0.295 e. The van der Waals surface area contributed by atoms with Gasteiger partial charge in [-0.3, -0.25) is 9.35 Å². The molecular formula is C37H27Cl2NO6S. The number of aromatic hydroxyl groups is 1. The minimum Gasteiger partial charge on any atom is -0.506 e. The maximum absolute atomic E-state index is 12.8. The zero-order valence-corrected chi connectivity index (χ0v) is 27.4. The number of nitrogens with zero attached hydrogens (tertiary/aromatic N) is 1. The molecule has 4 aromatic rings. The highest BCUT2D eigenvalue weighted by molar-refractivity contribution is 7.86. The van der Waals surface area contributed by atoms with Gasteiger partial charge in [0.1, 0.15) is 22.0 Å². The first-order valence-electron chi connectivity index (χ1n) is 14.3. The van der Waals surface area contributed by atoms with Crippen LogP contribution in [0.5, 0.6) is 5.75 Å². The Hall–Kier alpha value is -4.86. The summed E-state index contributed by atoms with van der Waals surface area (Å²) in [5, 5.41) is 10.4. The molecule has 47 heavy (non-hydrogen) atoms. The van der Waals surface area contributed by atoms with E-state index in [9.17, 15) is 22.9 Å². The lowest BCUT2D eigenvalue weighted by molar-refractivity contribution is 0.474. The molecule has 0 saturated heterocycles. The molecule has 0 saturated carbocycles. The van der Waals surface area contributed by atoms with Crippen LogP contribution in [0, 0.1) is 0 Å². The molecule has 0 radical (unpaired) electrons. The van der Waals surface area contributed by atoms with Gasteiger partial charge in [0.2, 0.25) is 5.43 Å². The number of anilines is 1. The summed E-state index contributed by atoms with van der Waals surface area (Å²) in [6.07, 6.45) is 7.64. The molecule has 1 aliphatic heterocycles. The largest absolute Gasteiger partial charge is 0.506 e. The minimum atomic E-state index is -4.75. The fraction of sp³-hybridized carbons (Fsp3) is 0.0541. The summed E-state index contributed by atoms with van der Waals surface area (Å²) < 4.78 is 41.8. The van der Waals surface area contributed by atoms with Crippen molar-refractivity contribution in [3.8, 4) is 28.2 Å². The SMILES string of the molecule is CN(C)c1ccc(C=Cc2ccc(C=Cc3ccc(-c4c5cc(Cl)c(=O)cc-5oc5cc(O)c(Cl)cc45)c(S(=O)(=O)O)c3)cc2)cc1. The lowest BCUT2D eigenvalue weighted by Gasteiger charge is -2.18. The molecule has 0 amide bonds. The first kappa shape index (κ1) is 32.1. The molecule has 2 aliphatic rings. The zero-order chi connectivity index (χ0) is 33.5. The van der Waals surface area contributed by atoms with E-state index in [1.807, 2.05) is 61.5 Å². The van der Waals surface area contributed by atoms with Crippen molar-refractivity contribution in [2.24, 2.45) is 0 Å². The Morgan fingerprint density at radius 3 is 1.83 bits per heavy atom. The molecule has 0 aromatic heterocycles. The van der Waals surface area contributed by atoms with E-state index in [-0.39, 0.29) is 37.6 Å². The maximum atomic E-state index is 12.8. The minimum absolute atomic E-state index is 0.00651. The number of rotatable bonds is 7. The summed E-state index contributed by atoms with van der Waals surface area (Å²) in [7, 11) is -0.752. The van der Waals surface area contributed by atoms with Crippen LogP contribution in [-0.4, -0.2) is 32.2 Å². The van der Waals surface area contributed by atoms with Crippen LogP contribution in [-0.2, 0) is 10.1 Å². The van der Waals surface area contributed by atoms with Gasteiger partial charge >= 0.3 is 0 Å². The van der Waals surface area contributed by atoms with Crippen molar-refractivity contribution in [3.05, 3.63) is 134 Å². The van der Waals surface area contributed by atoms with Gasteiger partial charge in [-0.05, 0) is 52.6 Å². The van der Waals surface area contributed by atoms with Crippen molar-refractivity contribution >= 4 is 74.3 Å². The standard InChI is InChI=1S/C37H27Cl2NO6S/c1-40(2)26-14-11-24(12-15-26)8-7-22-3-5-23(6-4-22)9-10-25-13-16-27(36(17-25)47(43,44)45)37-28-18-30(38)32(41)20-34(28)46-35-21-33(42)31(39)19-29(35)37/h3-21,41H,1-2H3,(H,43,44,45). The number of halogens is 2. The molecule has 0 unspecified atom stereocenters. The third-order valence-electron chi connectivity index (χ3n) is 7.68. The van der Waals surface area contributed by atoms with Gasteiger partial charge < -0.3 is 14.4 Å². The highest BCUT2D eigenvalue weighted by Crippen LogP contribution is 2.45. The fourth-order valence-corrected chi connectivity index (χ4v) is 6.30. The molecule has 1 aliphatic carbocycles. The number of benzene rings is 5. The molecule has 2 N–H and O–H groups in total. The highest BCUT2D eigenvalue weighted by Gasteiger charge is 2.25. The van der Waals surface area contributed by atoms with Gasteiger partial charge in [0.05, 0.1) is 10.0 Å². The third kappa shape index (κ3) is 6.82. The Balaban J connectivity index is 1.36. The van der Waals surface area contributed by atoms with E-state index in [0.717, 1.165) is 22.4 Å². The van der Waals surface area contributed by atoms with E-state index in [0.29, 0.717) is 22.1 Å². The Kier molecular flexibility index (Phi) is 8.70. The van der Waals surface area contributed by atoms with E-state index in [4.69, 9.17) is 27.6 Å². The molecule has 0 bridgehead atoms. The van der Waals surface area contributed by atoms with Gasteiger partial charge in [-0.1, -0.05) is 96.0 Å². The quantitative estimate of drug-likeness (QED) is 0.0981. The van der Waals surface area contributed by atoms with Crippen LogP contribution in [0.2, 0.25) is 10.0 Å². The molecule has 4 aromatic carbocycles. The van der Waals surface area contributed by atoms with Gasteiger partial charge in [-0.2, -0.15) is 8.42 Å². The van der Waals surface area contributed by atoms with Gasteiger partial charge in [-0.15, -0.1) is 0 Å². The van der Waals surface area contributed by atoms with E-state index in [2.05, 4.69) is 24.3 Å². The van der Waals surface area contributed by atoms with Crippen LogP contribution < -0.4 is 10.3 Å². The average molecular weight is 685 g/mol. The van der Waals surface area contributed by atoms with Crippen molar-refractivity contribution in [2.75, 3.05) is 19.0 Å². The van der Waals surface area contributed by atoms with E-state index < -0.39 is 15.5 Å². The van der Waals surface area contributed by atoms with Gasteiger partial charge in [-0.25, -0.2) is 0 Å². The van der Waals surface area contributed by atoms with E-state index in [1.54, 1.807) is 18.2 Å². The van der Waals surface area contributed by atoms with Crippen LogP contribution >= 0.6 is 23.2 Å². The molecule has 6 rings (SSSR count). The number of fused-ring (bicyclic) bond motifs is 2. The second-order valence-corrected chi connectivity index (χ2v) is 13.3. The van der Waals surface area contributed by atoms with Crippen LogP contribution in [0.4, 0.5) is 5.69 Å². The molecule has 10 heteroatoms. The van der Waals surface area contributed by atoms with E-state index in [1.165, 1.54) is 30.3 Å². The van der Waals surface area contributed by atoms with Gasteiger partial charge in [0.25, 0.3) is 10.1 Å². The Morgan fingerprint density at radius 1 is 0.702 bits per heavy atom.